The topological polar surface area (TPSA) is 30.0 Å². The number of hydrogen-bond acceptors (Lipinski definition) is 3. The van der Waals surface area contributed by atoms with E-state index in [1.807, 2.05) is 67.6 Å². The molecule has 0 aliphatic heterocycles. The second kappa shape index (κ2) is 5.39. The lowest BCUT2D eigenvalue weighted by atomic mass is 10.1. The summed E-state index contributed by atoms with van der Waals surface area (Å²) in [6, 6.07) is 19.2. The number of aryl methyl sites for hydroxylation is 1. The van der Waals surface area contributed by atoms with Crippen molar-refractivity contribution in [2.24, 2.45) is 0 Å². The zero-order valence-electron chi connectivity index (χ0n) is 11.0. The number of carbonyl (C=O) groups is 1. The van der Waals surface area contributed by atoms with Crippen molar-refractivity contribution >= 4 is 17.1 Å². The van der Waals surface area contributed by atoms with Crippen LogP contribution in [0.3, 0.4) is 0 Å². The molecule has 3 aromatic rings. The fourth-order valence-corrected chi connectivity index (χ4v) is 3.00. The fraction of sp³-hybridized carbons (Fsp3) is 0.0588. The molecule has 0 aliphatic carbocycles. The number of carbonyl (C=O) groups excluding carboxylic acids is 1. The van der Waals surface area contributed by atoms with E-state index in [1.54, 1.807) is 0 Å². The van der Waals surface area contributed by atoms with Gasteiger partial charge in [-0.15, -0.1) is 11.3 Å². The van der Waals surface area contributed by atoms with Crippen LogP contribution in [-0.2, 0) is 0 Å². The Labute approximate surface area is 121 Å². The standard InChI is InChI=1S/C17H13NOS/c1-12-18-15(13-8-4-2-5-9-13)17(20-12)16(19)14-10-6-3-7-11-14/h2-11H,1H3. The van der Waals surface area contributed by atoms with Gasteiger partial charge in [0.1, 0.15) is 4.88 Å². The third-order valence-electron chi connectivity index (χ3n) is 3.02. The minimum atomic E-state index is 0.0371. The van der Waals surface area contributed by atoms with Crippen molar-refractivity contribution in [3.8, 4) is 11.3 Å². The summed E-state index contributed by atoms with van der Waals surface area (Å²) in [6.07, 6.45) is 0. The zero-order chi connectivity index (χ0) is 13.9. The van der Waals surface area contributed by atoms with Gasteiger partial charge >= 0.3 is 0 Å². The smallest absolute Gasteiger partial charge is 0.205 e. The van der Waals surface area contributed by atoms with Gasteiger partial charge in [0, 0.05) is 11.1 Å². The second-order valence-corrected chi connectivity index (χ2v) is 5.67. The third-order valence-corrected chi connectivity index (χ3v) is 3.99. The Morgan fingerprint density at radius 1 is 0.950 bits per heavy atom. The summed E-state index contributed by atoms with van der Waals surface area (Å²) in [5.74, 6) is 0.0371. The summed E-state index contributed by atoms with van der Waals surface area (Å²) in [5, 5.41) is 0.906. The average molecular weight is 279 g/mol. The maximum atomic E-state index is 12.6. The van der Waals surface area contributed by atoms with E-state index in [4.69, 9.17) is 0 Å². The predicted molar refractivity (Wildman–Crippen MR) is 82.2 cm³/mol. The van der Waals surface area contributed by atoms with E-state index in [9.17, 15) is 4.79 Å². The molecule has 0 spiro atoms. The van der Waals surface area contributed by atoms with Crippen molar-refractivity contribution < 1.29 is 4.79 Å². The van der Waals surface area contributed by atoms with Gasteiger partial charge in [0.15, 0.2) is 0 Å². The molecule has 0 fully saturated rings. The van der Waals surface area contributed by atoms with Gasteiger partial charge in [-0.05, 0) is 6.92 Å². The molecule has 0 N–H and O–H groups in total. The summed E-state index contributed by atoms with van der Waals surface area (Å²) in [7, 11) is 0. The van der Waals surface area contributed by atoms with Crippen LogP contribution >= 0.6 is 11.3 Å². The average Bonchev–Trinajstić information content (AvgIpc) is 2.90. The Morgan fingerprint density at radius 2 is 1.55 bits per heavy atom. The van der Waals surface area contributed by atoms with Crippen LogP contribution in [0.1, 0.15) is 20.2 Å². The molecule has 0 saturated carbocycles. The van der Waals surface area contributed by atoms with Gasteiger partial charge in [0.05, 0.1) is 10.7 Å². The molecule has 0 aliphatic rings. The highest BCUT2D eigenvalue weighted by atomic mass is 32.1. The number of hydrogen-bond donors (Lipinski definition) is 0. The van der Waals surface area contributed by atoms with Crippen LogP contribution in [0.2, 0.25) is 0 Å². The lowest BCUT2D eigenvalue weighted by Crippen LogP contribution is -2.00. The quantitative estimate of drug-likeness (QED) is 0.667. The van der Waals surface area contributed by atoms with Crippen molar-refractivity contribution in [2.45, 2.75) is 6.92 Å². The molecule has 0 radical (unpaired) electrons. The van der Waals surface area contributed by atoms with E-state index in [-0.39, 0.29) is 5.78 Å². The molecule has 0 unspecified atom stereocenters. The van der Waals surface area contributed by atoms with E-state index in [0.29, 0.717) is 10.4 Å². The van der Waals surface area contributed by atoms with Gasteiger partial charge in [-0.25, -0.2) is 4.98 Å². The molecule has 1 heterocycles. The molecule has 0 saturated heterocycles. The van der Waals surface area contributed by atoms with Crippen LogP contribution < -0.4 is 0 Å². The van der Waals surface area contributed by atoms with Crippen molar-refractivity contribution in [3.05, 3.63) is 76.1 Å². The predicted octanol–water partition coefficient (Wildman–Crippen LogP) is 4.35. The molecule has 98 valence electrons. The van der Waals surface area contributed by atoms with E-state index in [1.165, 1.54) is 11.3 Å². The summed E-state index contributed by atoms with van der Waals surface area (Å²) in [4.78, 5) is 17.9. The molecule has 0 bridgehead atoms. The minimum Gasteiger partial charge on any atom is -0.288 e. The van der Waals surface area contributed by atoms with E-state index >= 15 is 0 Å². The first kappa shape index (κ1) is 12.8. The maximum absolute atomic E-state index is 12.6. The van der Waals surface area contributed by atoms with E-state index < -0.39 is 0 Å². The maximum Gasteiger partial charge on any atom is 0.205 e. The molecule has 3 rings (SSSR count). The molecular formula is C17H13NOS. The van der Waals surface area contributed by atoms with Crippen LogP contribution in [0.5, 0.6) is 0 Å². The van der Waals surface area contributed by atoms with Gasteiger partial charge in [-0.1, -0.05) is 60.7 Å². The first-order valence-electron chi connectivity index (χ1n) is 6.38. The number of thiazole rings is 1. The molecule has 2 aromatic carbocycles. The van der Waals surface area contributed by atoms with Crippen LogP contribution in [0, 0.1) is 6.92 Å². The Bertz CT molecular complexity index is 732. The monoisotopic (exact) mass is 279 g/mol. The van der Waals surface area contributed by atoms with Gasteiger partial charge < -0.3 is 0 Å². The number of aromatic nitrogens is 1. The normalized spacial score (nSPS) is 10.4. The van der Waals surface area contributed by atoms with E-state index in [2.05, 4.69) is 4.98 Å². The summed E-state index contributed by atoms with van der Waals surface area (Å²) >= 11 is 1.45. The molecule has 2 nitrogen and oxygen atoms in total. The van der Waals surface area contributed by atoms with Crippen LogP contribution in [-0.4, -0.2) is 10.8 Å². The molecule has 3 heteroatoms. The molecule has 0 atom stereocenters. The van der Waals surface area contributed by atoms with Crippen LogP contribution in [0.15, 0.2) is 60.7 Å². The number of rotatable bonds is 3. The molecular weight excluding hydrogens is 266 g/mol. The number of ketones is 1. The highest BCUT2D eigenvalue weighted by Crippen LogP contribution is 2.29. The Balaban J connectivity index is 2.09. The highest BCUT2D eigenvalue weighted by molar-refractivity contribution is 7.14. The Hall–Kier alpha value is -2.26. The lowest BCUT2D eigenvalue weighted by molar-refractivity contribution is 0.104. The summed E-state index contributed by atoms with van der Waals surface area (Å²) in [6.45, 7) is 1.93. The van der Waals surface area contributed by atoms with Crippen molar-refractivity contribution in [1.82, 2.24) is 4.98 Å². The minimum absolute atomic E-state index is 0.0371. The van der Waals surface area contributed by atoms with Gasteiger partial charge in [-0.3, -0.25) is 4.79 Å². The SMILES string of the molecule is Cc1nc(-c2ccccc2)c(C(=O)c2ccccc2)s1. The first-order valence-corrected chi connectivity index (χ1v) is 7.20. The third kappa shape index (κ3) is 2.40. The number of benzene rings is 2. The second-order valence-electron chi connectivity index (χ2n) is 4.47. The van der Waals surface area contributed by atoms with Crippen molar-refractivity contribution in [2.75, 3.05) is 0 Å². The Morgan fingerprint density at radius 3 is 2.20 bits per heavy atom. The van der Waals surface area contributed by atoms with Crippen LogP contribution in [0.25, 0.3) is 11.3 Å². The largest absolute Gasteiger partial charge is 0.288 e. The van der Waals surface area contributed by atoms with Crippen LogP contribution in [0.4, 0.5) is 0 Å². The van der Waals surface area contributed by atoms with Crippen molar-refractivity contribution in [3.63, 3.8) is 0 Å². The molecule has 1 aromatic heterocycles. The van der Waals surface area contributed by atoms with Gasteiger partial charge in [0.25, 0.3) is 0 Å². The zero-order valence-corrected chi connectivity index (χ0v) is 11.9. The fourth-order valence-electron chi connectivity index (χ4n) is 2.09. The molecule has 0 amide bonds. The van der Waals surface area contributed by atoms with E-state index in [0.717, 1.165) is 16.3 Å². The first-order chi connectivity index (χ1) is 9.75. The van der Waals surface area contributed by atoms with Gasteiger partial charge in [-0.2, -0.15) is 0 Å². The lowest BCUT2D eigenvalue weighted by Gasteiger charge is -2.02. The van der Waals surface area contributed by atoms with Gasteiger partial charge in [0.2, 0.25) is 5.78 Å². The van der Waals surface area contributed by atoms with Crippen molar-refractivity contribution in [1.29, 1.82) is 0 Å². The number of nitrogens with zero attached hydrogens (tertiary/aromatic N) is 1. The Kier molecular flexibility index (Phi) is 3.44. The molecule has 20 heavy (non-hydrogen) atoms. The summed E-state index contributed by atoms with van der Waals surface area (Å²) in [5.41, 5.74) is 2.46. The highest BCUT2D eigenvalue weighted by Gasteiger charge is 2.19. The summed E-state index contributed by atoms with van der Waals surface area (Å²) < 4.78 is 0.